The normalized spacial score (nSPS) is 17.5. The topological polar surface area (TPSA) is 24.9 Å². The first-order chi connectivity index (χ1) is 9.74. The van der Waals surface area contributed by atoms with Gasteiger partial charge in [-0.3, -0.25) is 4.98 Å². The number of nitrogens with zero attached hydrogens (tertiary/aromatic N) is 1. The summed E-state index contributed by atoms with van der Waals surface area (Å²) in [7, 11) is 0. The first-order valence-electron chi connectivity index (χ1n) is 7.52. The van der Waals surface area contributed by atoms with Crippen molar-refractivity contribution in [1.29, 1.82) is 0 Å². The highest BCUT2D eigenvalue weighted by Gasteiger charge is 2.18. The van der Waals surface area contributed by atoms with Crippen LogP contribution < -0.4 is 5.32 Å². The molecule has 106 valence electrons. The molecule has 2 nitrogen and oxygen atoms in total. The van der Waals surface area contributed by atoms with Crippen LogP contribution in [0.25, 0.3) is 0 Å². The lowest BCUT2D eigenvalue weighted by Gasteiger charge is -2.18. The fourth-order valence-electron chi connectivity index (χ4n) is 2.90. The fourth-order valence-corrected chi connectivity index (χ4v) is 4.17. The maximum Gasteiger partial charge on any atom is 0.0570 e. The van der Waals surface area contributed by atoms with Crippen molar-refractivity contribution in [3.63, 3.8) is 0 Å². The van der Waals surface area contributed by atoms with Crippen LogP contribution in [0.4, 0.5) is 0 Å². The number of thiophene rings is 1. The molecule has 2 heterocycles. The van der Waals surface area contributed by atoms with E-state index < -0.39 is 0 Å². The highest BCUT2D eigenvalue weighted by atomic mass is 32.1. The predicted octanol–water partition coefficient (Wildman–Crippen LogP) is 4.43. The second kappa shape index (κ2) is 6.06. The second-order valence-corrected chi connectivity index (χ2v) is 6.84. The van der Waals surface area contributed by atoms with Crippen molar-refractivity contribution in [2.24, 2.45) is 0 Å². The highest BCUT2D eigenvalue weighted by molar-refractivity contribution is 7.12. The Hall–Kier alpha value is -1.19. The van der Waals surface area contributed by atoms with Gasteiger partial charge in [-0.25, -0.2) is 0 Å². The van der Waals surface area contributed by atoms with Gasteiger partial charge in [0, 0.05) is 28.0 Å². The molecule has 2 atom stereocenters. The molecule has 1 N–H and O–H groups in total. The Morgan fingerprint density at radius 2 is 2.00 bits per heavy atom. The molecule has 3 heteroatoms. The fraction of sp³-hybridized carbons (Fsp3) is 0.471. The molecular weight excluding hydrogens is 264 g/mol. The summed E-state index contributed by atoms with van der Waals surface area (Å²) in [6.07, 6.45) is 7.13. The summed E-state index contributed by atoms with van der Waals surface area (Å²) in [6, 6.07) is 9.20. The molecule has 0 spiro atoms. The SMILES string of the molecule is CC(N[C@@H](C)c1ccccn1)c1cc2c(s1)CCCC2. The quantitative estimate of drug-likeness (QED) is 0.899. The van der Waals surface area contributed by atoms with E-state index in [1.165, 1.54) is 30.6 Å². The van der Waals surface area contributed by atoms with Crippen LogP contribution in [-0.4, -0.2) is 4.98 Å². The average molecular weight is 286 g/mol. The molecule has 0 saturated heterocycles. The zero-order valence-corrected chi connectivity index (χ0v) is 13.0. The third-order valence-electron chi connectivity index (χ3n) is 4.07. The van der Waals surface area contributed by atoms with Gasteiger partial charge in [0.25, 0.3) is 0 Å². The molecule has 0 aliphatic heterocycles. The Labute approximate surface area is 125 Å². The molecule has 2 aromatic heterocycles. The number of hydrogen-bond acceptors (Lipinski definition) is 3. The van der Waals surface area contributed by atoms with E-state index in [4.69, 9.17) is 0 Å². The summed E-state index contributed by atoms with van der Waals surface area (Å²) in [5.41, 5.74) is 2.70. The van der Waals surface area contributed by atoms with Crippen molar-refractivity contribution >= 4 is 11.3 Å². The van der Waals surface area contributed by atoms with Gasteiger partial charge in [-0.1, -0.05) is 6.07 Å². The van der Waals surface area contributed by atoms with E-state index in [0.717, 1.165) is 5.69 Å². The van der Waals surface area contributed by atoms with Crippen LogP contribution in [0.15, 0.2) is 30.5 Å². The van der Waals surface area contributed by atoms with Crippen LogP contribution in [0, 0.1) is 0 Å². The number of pyridine rings is 1. The van der Waals surface area contributed by atoms with Crippen molar-refractivity contribution < 1.29 is 0 Å². The van der Waals surface area contributed by atoms with E-state index in [1.54, 1.807) is 10.4 Å². The molecule has 1 aliphatic rings. The molecule has 0 saturated carbocycles. The Balaban J connectivity index is 1.70. The van der Waals surface area contributed by atoms with Crippen molar-refractivity contribution in [2.45, 2.75) is 51.6 Å². The van der Waals surface area contributed by atoms with E-state index in [-0.39, 0.29) is 6.04 Å². The van der Waals surface area contributed by atoms with Gasteiger partial charge >= 0.3 is 0 Å². The first-order valence-corrected chi connectivity index (χ1v) is 8.34. The van der Waals surface area contributed by atoms with Gasteiger partial charge in [0.1, 0.15) is 0 Å². The van der Waals surface area contributed by atoms with Gasteiger partial charge in [-0.05, 0) is 63.3 Å². The van der Waals surface area contributed by atoms with Crippen molar-refractivity contribution in [1.82, 2.24) is 10.3 Å². The van der Waals surface area contributed by atoms with Crippen LogP contribution in [0.3, 0.4) is 0 Å². The first kappa shape index (κ1) is 13.8. The molecule has 1 unspecified atom stereocenters. The Bertz CT molecular complexity index is 538. The molecule has 20 heavy (non-hydrogen) atoms. The molecule has 2 aromatic rings. The van der Waals surface area contributed by atoms with Crippen molar-refractivity contribution in [3.05, 3.63) is 51.5 Å². The van der Waals surface area contributed by atoms with Gasteiger partial charge in [0.2, 0.25) is 0 Å². The van der Waals surface area contributed by atoms with Crippen LogP contribution in [0.5, 0.6) is 0 Å². The van der Waals surface area contributed by atoms with E-state index in [1.807, 2.05) is 23.6 Å². The molecular formula is C17H22N2S. The van der Waals surface area contributed by atoms with E-state index >= 15 is 0 Å². The Morgan fingerprint density at radius 3 is 2.75 bits per heavy atom. The maximum absolute atomic E-state index is 4.43. The predicted molar refractivity (Wildman–Crippen MR) is 85.2 cm³/mol. The summed E-state index contributed by atoms with van der Waals surface area (Å²) >= 11 is 2.00. The minimum Gasteiger partial charge on any atom is -0.301 e. The molecule has 0 amide bonds. The molecule has 3 rings (SSSR count). The summed E-state index contributed by atoms with van der Waals surface area (Å²) < 4.78 is 0. The minimum atomic E-state index is 0.283. The Morgan fingerprint density at radius 1 is 1.15 bits per heavy atom. The van der Waals surface area contributed by atoms with Gasteiger partial charge in [-0.2, -0.15) is 0 Å². The van der Waals surface area contributed by atoms with Crippen LogP contribution in [0.2, 0.25) is 0 Å². The molecule has 1 aliphatic carbocycles. The number of fused-ring (bicyclic) bond motifs is 1. The lowest BCUT2D eigenvalue weighted by Crippen LogP contribution is -2.22. The van der Waals surface area contributed by atoms with Gasteiger partial charge in [-0.15, -0.1) is 11.3 Å². The summed E-state index contributed by atoms with van der Waals surface area (Å²) in [4.78, 5) is 7.52. The molecule has 0 aromatic carbocycles. The molecule has 0 radical (unpaired) electrons. The number of hydrogen-bond donors (Lipinski definition) is 1. The van der Waals surface area contributed by atoms with E-state index in [9.17, 15) is 0 Å². The third-order valence-corrected chi connectivity index (χ3v) is 5.49. The minimum absolute atomic E-state index is 0.283. The van der Waals surface area contributed by atoms with Crippen molar-refractivity contribution in [3.8, 4) is 0 Å². The molecule has 0 bridgehead atoms. The second-order valence-electron chi connectivity index (χ2n) is 5.67. The average Bonchev–Trinajstić information content (AvgIpc) is 2.92. The van der Waals surface area contributed by atoms with Crippen LogP contribution >= 0.6 is 11.3 Å². The monoisotopic (exact) mass is 286 g/mol. The third kappa shape index (κ3) is 2.94. The lowest BCUT2D eigenvalue weighted by atomic mass is 9.99. The highest BCUT2D eigenvalue weighted by Crippen LogP contribution is 2.33. The zero-order valence-electron chi connectivity index (χ0n) is 12.2. The van der Waals surface area contributed by atoms with Gasteiger partial charge in [0.05, 0.1) is 5.69 Å². The van der Waals surface area contributed by atoms with Gasteiger partial charge < -0.3 is 5.32 Å². The smallest absolute Gasteiger partial charge is 0.0570 e. The van der Waals surface area contributed by atoms with E-state index in [2.05, 4.69) is 42.3 Å². The lowest BCUT2D eigenvalue weighted by molar-refractivity contribution is 0.491. The molecule has 0 fully saturated rings. The largest absolute Gasteiger partial charge is 0.301 e. The van der Waals surface area contributed by atoms with Crippen LogP contribution in [-0.2, 0) is 12.8 Å². The summed E-state index contributed by atoms with van der Waals surface area (Å²) in [5, 5.41) is 3.67. The summed E-state index contributed by atoms with van der Waals surface area (Å²) in [6.45, 7) is 4.45. The maximum atomic E-state index is 4.43. The zero-order chi connectivity index (χ0) is 13.9. The van der Waals surface area contributed by atoms with E-state index in [0.29, 0.717) is 6.04 Å². The van der Waals surface area contributed by atoms with Crippen molar-refractivity contribution in [2.75, 3.05) is 0 Å². The number of aromatic nitrogens is 1. The Kier molecular flexibility index (Phi) is 4.18. The summed E-state index contributed by atoms with van der Waals surface area (Å²) in [5.74, 6) is 0. The van der Waals surface area contributed by atoms with Crippen LogP contribution in [0.1, 0.15) is 59.8 Å². The number of aryl methyl sites for hydroxylation is 2. The number of rotatable bonds is 4. The van der Waals surface area contributed by atoms with Gasteiger partial charge in [0.15, 0.2) is 0 Å². The number of nitrogens with one attached hydrogen (secondary N) is 1. The standard InChI is InChI=1S/C17H22N2S/c1-12(15-8-5-6-10-18-15)19-13(2)17-11-14-7-3-4-9-16(14)20-17/h5-6,8,10-13,19H,3-4,7,9H2,1-2H3/t12-,13?/m0/s1.